The van der Waals surface area contributed by atoms with E-state index < -0.39 is 10.0 Å². The molecule has 1 amide bonds. The van der Waals surface area contributed by atoms with E-state index in [9.17, 15) is 13.2 Å². The smallest absolute Gasteiger partial charge is 0.253 e. The first-order valence-corrected chi connectivity index (χ1v) is 10.9. The van der Waals surface area contributed by atoms with E-state index in [1.807, 2.05) is 11.8 Å². The first-order valence-electron chi connectivity index (χ1n) is 9.41. The lowest BCUT2D eigenvalue weighted by Crippen LogP contribution is -2.41. The van der Waals surface area contributed by atoms with Gasteiger partial charge in [-0.25, -0.2) is 8.42 Å². The van der Waals surface area contributed by atoms with Crippen molar-refractivity contribution in [1.29, 1.82) is 0 Å². The minimum Gasteiger partial charge on any atom is -0.339 e. The van der Waals surface area contributed by atoms with E-state index in [2.05, 4.69) is 0 Å². The minimum absolute atomic E-state index is 0.0113. The monoisotopic (exact) mass is 364 g/mol. The number of nitrogens with zero attached hydrogens (tertiary/aromatic N) is 2. The van der Waals surface area contributed by atoms with Gasteiger partial charge in [0.25, 0.3) is 5.91 Å². The third-order valence-electron chi connectivity index (χ3n) is 5.34. The lowest BCUT2D eigenvalue weighted by Gasteiger charge is -2.32. The van der Waals surface area contributed by atoms with Crippen LogP contribution in [0.5, 0.6) is 0 Å². The number of carbonyl (C=O) groups is 1. The number of likely N-dealkylation sites (tertiary alicyclic amines) is 1. The van der Waals surface area contributed by atoms with Crippen LogP contribution < -0.4 is 0 Å². The molecule has 138 valence electrons. The van der Waals surface area contributed by atoms with Gasteiger partial charge in [0.1, 0.15) is 0 Å². The fourth-order valence-corrected chi connectivity index (χ4v) is 5.49. The maximum Gasteiger partial charge on any atom is 0.253 e. The van der Waals surface area contributed by atoms with E-state index in [0.29, 0.717) is 12.1 Å². The molecule has 0 aliphatic carbocycles. The lowest BCUT2D eigenvalue weighted by molar-refractivity contribution is 0.0761. The first kappa shape index (κ1) is 18.4. The molecule has 0 spiro atoms. The van der Waals surface area contributed by atoms with Gasteiger partial charge < -0.3 is 4.90 Å². The molecule has 0 N–H and O–H groups in total. The fourth-order valence-electron chi connectivity index (χ4n) is 3.79. The summed E-state index contributed by atoms with van der Waals surface area (Å²) in [5, 5.41) is 0. The largest absolute Gasteiger partial charge is 0.339 e. The van der Waals surface area contributed by atoms with E-state index in [4.69, 9.17) is 0 Å². The van der Waals surface area contributed by atoms with Crippen LogP contribution in [0.4, 0.5) is 0 Å². The summed E-state index contributed by atoms with van der Waals surface area (Å²) >= 11 is 0. The molecule has 0 bridgehead atoms. The number of sulfonamides is 1. The Hall–Kier alpha value is -1.40. The molecule has 2 fully saturated rings. The molecule has 1 unspecified atom stereocenters. The average Bonchev–Trinajstić information content (AvgIpc) is 2.91. The molecule has 6 heteroatoms. The molecule has 0 aromatic heterocycles. The van der Waals surface area contributed by atoms with Crippen LogP contribution in [-0.2, 0) is 10.0 Å². The van der Waals surface area contributed by atoms with Crippen LogP contribution in [0.2, 0.25) is 0 Å². The SMILES string of the molecule is CC1CCCCN1S(=O)(=O)c1ccc(C(=O)N2CCCCCC2)cc1. The van der Waals surface area contributed by atoms with Gasteiger partial charge in [-0.05, 0) is 56.9 Å². The summed E-state index contributed by atoms with van der Waals surface area (Å²) < 4.78 is 27.3. The van der Waals surface area contributed by atoms with Gasteiger partial charge in [-0.15, -0.1) is 0 Å². The standard InChI is InChI=1S/C19H28N2O3S/c1-16-8-4-7-15-21(16)25(23,24)18-11-9-17(10-12-18)19(22)20-13-5-2-3-6-14-20/h9-12,16H,2-8,13-15H2,1H3. The topological polar surface area (TPSA) is 57.7 Å². The summed E-state index contributed by atoms with van der Waals surface area (Å²) in [5.41, 5.74) is 0.576. The summed E-state index contributed by atoms with van der Waals surface area (Å²) in [6.07, 6.45) is 7.34. The normalized spacial score (nSPS) is 23.2. The maximum atomic E-state index is 12.9. The van der Waals surface area contributed by atoms with Crippen LogP contribution >= 0.6 is 0 Å². The van der Waals surface area contributed by atoms with Gasteiger partial charge in [0, 0.05) is 31.2 Å². The number of benzene rings is 1. The Kier molecular flexibility index (Phi) is 5.79. The van der Waals surface area contributed by atoms with Crippen molar-refractivity contribution >= 4 is 15.9 Å². The number of amides is 1. The van der Waals surface area contributed by atoms with E-state index in [-0.39, 0.29) is 16.8 Å². The van der Waals surface area contributed by atoms with Crippen LogP contribution in [-0.4, -0.2) is 49.2 Å². The van der Waals surface area contributed by atoms with Gasteiger partial charge in [-0.1, -0.05) is 19.3 Å². The third-order valence-corrected chi connectivity index (χ3v) is 7.37. The van der Waals surface area contributed by atoms with Gasteiger partial charge >= 0.3 is 0 Å². The minimum atomic E-state index is -3.48. The highest BCUT2D eigenvalue weighted by Crippen LogP contribution is 2.25. The molecule has 2 aliphatic rings. The van der Waals surface area contributed by atoms with E-state index in [1.165, 1.54) is 12.8 Å². The Labute approximate surface area is 151 Å². The summed E-state index contributed by atoms with van der Waals surface area (Å²) in [6, 6.07) is 6.53. The van der Waals surface area contributed by atoms with E-state index in [0.717, 1.165) is 45.2 Å². The molecule has 0 radical (unpaired) electrons. The zero-order valence-electron chi connectivity index (χ0n) is 15.0. The zero-order valence-corrected chi connectivity index (χ0v) is 15.8. The molecule has 2 saturated heterocycles. The number of hydrogen-bond donors (Lipinski definition) is 0. The first-order chi connectivity index (χ1) is 12.0. The van der Waals surface area contributed by atoms with Crippen LogP contribution in [0, 0.1) is 0 Å². The molecule has 1 aromatic rings. The van der Waals surface area contributed by atoms with Crippen molar-refractivity contribution < 1.29 is 13.2 Å². The molecule has 5 nitrogen and oxygen atoms in total. The van der Waals surface area contributed by atoms with Crippen molar-refractivity contribution in [1.82, 2.24) is 9.21 Å². The molecule has 1 aromatic carbocycles. The predicted octanol–water partition coefficient (Wildman–Crippen LogP) is 3.27. The number of carbonyl (C=O) groups excluding carboxylic acids is 1. The highest BCUT2D eigenvalue weighted by molar-refractivity contribution is 7.89. The highest BCUT2D eigenvalue weighted by Gasteiger charge is 2.31. The van der Waals surface area contributed by atoms with Gasteiger partial charge in [-0.3, -0.25) is 4.79 Å². The number of piperidine rings is 1. The number of rotatable bonds is 3. The second kappa shape index (κ2) is 7.87. The van der Waals surface area contributed by atoms with Crippen LogP contribution in [0.1, 0.15) is 62.2 Å². The number of hydrogen-bond acceptors (Lipinski definition) is 3. The van der Waals surface area contributed by atoms with E-state index >= 15 is 0 Å². The van der Waals surface area contributed by atoms with Crippen LogP contribution in [0.25, 0.3) is 0 Å². The Morgan fingerprint density at radius 2 is 1.52 bits per heavy atom. The van der Waals surface area contributed by atoms with Crippen LogP contribution in [0.3, 0.4) is 0 Å². The Balaban J connectivity index is 1.76. The third kappa shape index (κ3) is 4.06. The van der Waals surface area contributed by atoms with Gasteiger partial charge in [0.05, 0.1) is 4.90 Å². The van der Waals surface area contributed by atoms with Gasteiger partial charge in [-0.2, -0.15) is 4.31 Å². The van der Waals surface area contributed by atoms with Crippen molar-refractivity contribution in [2.75, 3.05) is 19.6 Å². The zero-order chi connectivity index (χ0) is 17.9. The Morgan fingerprint density at radius 1 is 0.920 bits per heavy atom. The second-order valence-electron chi connectivity index (χ2n) is 7.19. The van der Waals surface area contributed by atoms with Crippen molar-refractivity contribution in [3.05, 3.63) is 29.8 Å². The summed E-state index contributed by atoms with van der Waals surface area (Å²) in [4.78, 5) is 14.8. The average molecular weight is 365 g/mol. The highest BCUT2D eigenvalue weighted by atomic mass is 32.2. The molecule has 1 atom stereocenters. The summed E-state index contributed by atoms with van der Waals surface area (Å²) in [7, 11) is -3.48. The van der Waals surface area contributed by atoms with Crippen molar-refractivity contribution in [3.8, 4) is 0 Å². The van der Waals surface area contributed by atoms with Crippen molar-refractivity contribution in [3.63, 3.8) is 0 Å². The quantitative estimate of drug-likeness (QED) is 0.827. The Bertz CT molecular complexity index is 692. The predicted molar refractivity (Wildman–Crippen MR) is 98.0 cm³/mol. The van der Waals surface area contributed by atoms with Crippen molar-refractivity contribution in [2.45, 2.75) is 62.8 Å². The molecular weight excluding hydrogens is 336 g/mol. The van der Waals surface area contributed by atoms with Crippen molar-refractivity contribution in [2.24, 2.45) is 0 Å². The molecule has 3 rings (SSSR count). The summed E-state index contributed by atoms with van der Waals surface area (Å²) in [6.45, 7) is 4.14. The molecular formula is C19H28N2O3S. The Morgan fingerprint density at radius 3 is 2.12 bits per heavy atom. The lowest BCUT2D eigenvalue weighted by atomic mass is 10.1. The fraction of sp³-hybridized carbons (Fsp3) is 0.632. The van der Waals surface area contributed by atoms with Crippen LogP contribution in [0.15, 0.2) is 29.2 Å². The molecule has 2 heterocycles. The maximum absolute atomic E-state index is 12.9. The second-order valence-corrected chi connectivity index (χ2v) is 9.08. The van der Waals surface area contributed by atoms with Gasteiger partial charge in [0.15, 0.2) is 0 Å². The van der Waals surface area contributed by atoms with Gasteiger partial charge in [0.2, 0.25) is 10.0 Å². The summed E-state index contributed by atoms with van der Waals surface area (Å²) in [5.74, 6) is 0.0113. The molecule has 2 aliphatic heterocycles. The van der Waals surface area contributed by atoms with E-state index in [1.54, 1.807) is 28.6 Å². The molecule has 25 heavy (non-hydrogen) atoms. The molecule has 0 saturated carbocycles.